The van der Waals surface area contributed by atoms with E-state index in [4.69, 9.17) is 4.98 Å². The summed E-state index contributed by atoms with van der Waals surface area (Å²) in [6.07, 6.45) is 7.22. The standard InChI is InChI=1S/C36H36N6O2S/c1-26-9-15-33(16-10-26)45(43,44)42-25-35(31-23-38-41(24-31)27(2)28-7-5-4-6-8-28)34-21-30(22-37-36(34)42)29-11-13-32(14-12-29)40-19-17-39(3)18-20-40/h4-16,21-25,27H,17-20H2,1-3H3. The summed E-state index contributed by atoms with van der Waals surface area (Å²) >= 11 is 0. The van der Waals surface area contributed by atoms with Gasteiger partial charge in [0.1, 0.15) is 0 Å². The first-order chi connectivity index (χ1) is 21.8. The van der Waals surface area contributed by atoms with Crippen molar-refractivity contribution in [3.63, 3.8) is 0 Å². The van der Waals surface area contributed by atoms with Crippen LogP contribution in [0.4, 0.5) is 5.69 Å². The van der Waals surface area contributed by atoms with Crippen LogP contribution in [-0.2, 0) is 10.0 Å². The zero-order valence-electron chi connectivity index (χ0n) is 25.7. The third-order valence-corrected chi connectivity index (χ3v) is 10.5. The topological polar surface area (TPSA) is 76.3 Å². The van der Waals surface area contributed by atoms with Crippen molar-refractivity contribution in [2.24, 2.45) is 0 Å². The molecule has 1 saturated heterocycles. The highest BCUT2D eigenvalue weighted by Gasteiger charge is 2.24. The summed E-state index contributed by atoms with van der Waals surface area (Å²) in [6, 6.07) is 27.7. The molecular weight excluding hydrogens is 581 g/mol. The summed E-state index contributed by atoms with van der Waals surface area (Å²) in [6.45, 7) is 8.15. The molecule has 0 aliphatic carbocycles. The molecule has 3 aromatic carbocycles. The van der Waals surface area contributed by atoms with Gasteiger partial charge in [0.2, 0.25) is 0 Å². The monoisotopic (exact) mass is 616 g/mol. The molecular formula is C36H36N6O2S. The minimum absolute atomic E-state index is 0.0112. The fourth-order valence-corrected chi connectivity index (χ4v) is 7.30. The van der Waals surface area contributed by atoms with Crippen LogP contribution >= 0.6 is 0 Å². The summed E-state index contributed by atoms with van der Waals surface area (Å²) in [5.41, 5.74) is 7.25. The number of benzene rings is 3. The van der Waals surface area contributed by atoms with E-state index in [9.17, 15) is 8.42 Å². The lowest BCUT2D eigenvalue weighted by molar-refractivity contribution is 0.313. The van der Waals surface area contributed by atoms with Crippen LogP contribution in [0.25, 0.3) is 33.3 Å². The first-order valence-corrected chi connectivity index (χ1v) is 16.7. The maximum atomic E-state index is 14.0. The van der Waals surface area contributed by atoms with Gasteiger partial charge in [-0.3, -0.25) is 4.68 Å². The minimum atomic E-state index is -3.90. The van der Waals surface area contributed by atoms with Gasteiger partial charge in [-0.2, -0.15) is 5.10 Å². The molecule has 7 rings (SSSR count). The minimum Gasteiger partial charge on any atom is -0.369 e. The molecule has 3 aromatic heterocycles. The molecule has 228 valence electrons. The molecule has 0 radical (unpaired) electrons. The number of piperazine rings is 1. The zero-order valence-corrected chi connectivity index (χ0v) is 26.5. The Morgan fingerprint density at radius 1 is 0.778 bits per heavy atom. The number of anilines is 1. The number of pyridine rings is 1. The lowest BCUT2D eigenvalue weighted by atomic mass is 10.0. The maximum Gasteiger partial charge on any atom is 0.269 e. The van der Waals surface area contributed by atoms with Crippen LogP contribution in [0.1, 0.15) is 24.1 Å². The molecule has 8 nitrogen and oxygen atoms in total. The first-order valence-electron chi connectivity index (χ1n) is 15.2. The average Bonchev–Trinajstić information content (AvgIpc) is 3.71. The van der Waals surface area contributed by atoms with Crippen molar-refractivity contribution in [1.82, 2.24) is 23.6 Å². The van der Waals surface area contributed by atoms with Crippen LogP contribution in [0.2, 0.25) is 0 Å². The predicted octanol–water partition coefficient (Wildman–Crippen LogP) is 6.47. The normalized spacial score (nSPS) is 15.0. The Labute approximate surface area is 264 Å². The molecule has 9 heteroatoms. The van der Waals surface area contributed by atoms with Crippen LogP contribution in [-0.4, -0.2) is 65.3 Å². The van der Waals surface area contributed by atoms with Crippen molar-refractivity contribution in [2.45, 2.75) is 24.8 Å². The summed E-state index contributed by atoms with van der Waals surface area (Å²) in [5.74, 6) is 0. The van der Waals surface area contributed by atoms with E-state index < -0.39 is 10.0 Å². The molecule has 6 aromatic rings. The van der Waals surface area contributed by atoms with Gasteiger partial charge in [0.05, 0.1) is 17.1 Å². The molecule has 0 saturated carbocycles. The van der Waals surface area contributed by atoms with E-state index in [0.717, 1.165) is 64.9 Å². The number of rotatable bonds is 7. The van der Waals surface area contributed by atoms with E-state index in [1.165, 1.54) is 9.66 Å². The highest BCUT2D eigenvalue weighted by Crippen LogP contribution is 2.35. The lowest BCUT2D eigenvalue weighted by Crippen LogP contribution is -2.44. The number of hydrogen-bond acceptors (Lipinski definition) is 6. The van der Waals surface area contributed by atoms with Gasteiger partial charge < -0.3 is 9.80 Å². The van der Waals surface area contributed by atoms with Gasteiger partial charge in [0, 0.05) is 72.5 Å². The molecule has 1 unspecified atom stereocenters. The van der Waals surface area contributed by atoms with E-state index in [1.54, 1.807) is 30.7 Å². The quantitative estimate of drug-likeness (QED) is 0.205. The zero-order chi connectivity index (χ0) is 31.1. The van der Waals surface area contributed by atoms with Crippen LogP contribution < -0.4 is 4.90 Å². The third-order valence-electron chi connectivity index (χ3n) is 8.85. The van der Waals surface area contributed by atoms with Gasteiger partial charge in [0.15, 0.2) is 5.65 Å². The Bertz CT molecular complexity index is 2060. The molecule has 0 amide bonds. The Kier molecular flexibility index (Phi) is 7.51. The van der Waals surface area contributed by atoms with Crippen molar-refractivity contribution < 1.29 is 8.42 Å². The van der Waals surface area contributed by atoms with E-state index >= 15 is 0 Å². The van der Waals surface area contributed by atoms with Gasteiger partial charge in [-0.15, -0.1) is 0 Å². The molecule has 0 bridgehead atoms. The number of hydrogen-bond donors (Lipinski definition) is 0. The van der Waals surface area contributed by atoms with Crippen molar-refractivity contribution >= 4 is 26.7 Å². The fourth-order valence-electron chi connectivity index (χ4n) is 5.98. The van der Waals surface area contributed by atoms with Crippen molar-refractivity contribution in [3.05, 3.63) is 121 Å². The molecule has 1 aliphatic rings. The van der Waals surface area contributed by atoms with E-state index in [0.29, 0.717) is 5.65 Å². The molecule has 1 aliphatic heterocycles. The predicted molar refractivity (Wildman–Crippen MR) is 180 cm³/mol. The van der Waals surface area contributed by atoms with Crippen molar-refractivity contribution in [3.8, 4) is 22.3 Å². The highest BCUT2D eigenvalue weighted by molar-refractivity contribution is 7.90. The van der Waals surface area contributed by atoms with E-state index in [2.05, 4.69) is 65.3 Å². The highest BCUT2D eigenvalue weighted by atomic mass is 32.2. The summed E-state index contributed by atoms with van der Waals surface area (Å²) in [7, 11) is -1.74. The summed E-state index contributed by atoms with van der Waals surface area (Å²) < 4.78 is 31.1. The van der Waals surface area contributed by atoms with Crippen molar-refractivity contribution in [1.29, 1.82) is 0 Å². The number of aryl methyl sites for hydroxylation is 1. The Morgan fingerprint density at radius 2 is 1.49 bits per heavy atom. The second-order valence-corrected chi connectivity index (χ2v) is 13.7. The smallest absolute Gasteiger partial charge is 0.269 e. The fraction of sp³-hybridized carbons (Fsp3) is 0.222. The number of likely N-dealkylation sites (N-methyl/N-ethyl adjacent to an activating group) is 1. The molecule has 0 spiro atoms. The number of aromatic nitrogens is 4. The third kappa shape index (κ3) is 5.54. The van der Waals surface area contributed by atoms with E-state index in [1.807, 2.05) is 54.2 Å². The molecule has 1 fully saturated rings. The molecule has 45 heavy (non-hydrogen) atoms. The van der Waals surface area contributed by atoms with Crippen LogP contribution in [0.3, 0.4) is 0 Å². The second-order valence-electron chi connectivity index (χ2n) is 11.9. The second kappa shape index (κ2) is 11.6. The van der Waals surface area contributed by atoms with Gasteiger partial charge >= 0.3 is 0 Å². The molecule has 1 atom stereocenters. The molecule has 4 heterocycles. The van der Waals surface area contributed by atoms with Crippen LogP contribution in [0, 0.1) is 6.92 Å². The SMILES string of the molecule is Cc1ccc(S(=O)(=O)n2cc(-c3cnn(C(C)c4ccccc4)c3)c3cc(-c4ccc(N5CCN(C)CC5)cc4)cnc32)cc1. The summed E-state index contributed by atoms with van der Waals surface area (Å²) in [4.78, 5) is 9.74. The van der Waals surface area contributed by atoms with Crippen LogP contribution in [0.5, 0.6) is 0 Å². The Morgan fingerprint density at radius 3 is 2.20 bits per heavy atom. The first kappa shape index (κ1) is 29.0. The van der Waals surface area contributed by atoms with Gasteiger partial charge in [-0.1, -0.05) is 60.2 Å². The van der Waals surface area contributed by atoms with E-state index in [-0.39, 0.29) is 10.9 Å². The van der Waals surface area contributed by atoms with Gasteiger partial charge in [-0.25, -0.2) is 17.4 Å². The number of nitrogens with zero attached hydrogens (tertiary/aromatic N) is 6. The average molecular weight is 617 g/mol. The largest absolute Gasteiger partial charge is 0.369 e. The van der Waals surface area contributed by atoms with Crippen molar-refractivity contribution in [2.75, 3.05) is 38.1 Å². The Balaban J connectivity index is 1.31. The summed E-state index contributed by atoms with van der Waals surface area (Å²) in [5, 5.41) is 5.43. The van der Waals surface area contributed by atoms with Crippen LogP contribution in [0.15, 0.2) is 115 Å². The van der Waals surface area contributed by atoms with Gasteiger partial charge in [-0.05, 0) is 62.4 Å². The molecule has 0 N–H and O–H groups in total. The maximum absolute atomic E-state index is 14.0. The lowest BCUT2D eigenvalue weighted by Gasteiger charge is -2.34. The number of fused-ring (bicyclic) bond motifs is 1. The van der Waals surface area contributed by atoms with Gasteiger partial charge in [0.25, 0.3) is 10.0 Å². The Hall–Kier alpha value is -4.73.